The van der Waals surface area contributed by atoms with Crippen LogP contribution in [0.25, 0.3) is 5.69 Å². The summed E-state index contributed by atoms with van der Waals surface area (Å²) in [5.41, 5.74) is 5.92. The Balaban J connectivity index is 1.54. The molecule has 0 saturated heterocycles. The lowest BCUT2D eigenvalue weighted by molar-refractivity contribution is 0.0956. The minimum Gasteiger partial charge on any atom is -0.346 e. The number of benzene rings is 3. The summed E-state index contributed by atoms with van der Waals surface area (Å²) < 4.78 is 2.17. The number of hydrogen-bond donors (Lipinski definition) is 1. The first-order valence-electron chi connectivity index (χ1n) is 10.6. The van der Waals surface area contributed by atoms with Crippen molar-refractivity contribution in [3.63, 3.8) is 0 Å². The maximum Gasteiger partial charge on any atom is 0.252 e. The van der Waals surface area contributed by atoms with Gasteiger partial charge in [-0.05, 0) is 42.2 Å². The Hall–Kier alpha value is -3.57. The molecule has 4 aromatic rings. The van der Waals surface area contributed by atoms with Crippen LogP contribution >= 0.6 is 11.8 Å². The van der Waals surface area contributed by atoms with Gasteiger partial charge in [0.2, 0.25) is 0 Å². The van der Waals surface area contributed by atoms with E-state index >= 15 is 0 Å². The zero-order valence-corrected chi connectivity index (χ0v) is 18.5. The highest BCUT2D eigenvalue weighted by Crippen LogP contribution is 2.34. The van der Waals surface area contributed by atoms with Crippen molar-refractivity contribution in [1.82, 2.24) is 9.88 Å². The topological polar surface area (TPSA) is 46.4 Å². The molecule has 4 nitrogen and oxygen atoms in total. The Morgan fingerprint density at radius 2 is 1.69 bits per heavy atom. The number of nitrogens with one attached hydrogen (secondary N) is 1. The van der Waals surface area contributed by atoms with E-state index in [4.69, 9.17) is 4.99 Å². The number of para-hydroxylation sites is 1. The quantitative estimate of drug-likeness (QED) is 0.418. The van der Waals surface area contributed by atoms with Crippen LogP contribution in [0.2, 0.25) is 0 Å². The Labute approximate surface area is 192 Å². The molecule has 1 aliphatic heterocycles. The summed E-state index contributed by atoms with van der Waals surface area (Å²) in [5.74, 6) is -0.0891. The van der Waals surface area contributed by atoms with Gasteiger partial charge in [0.05, 0.1) is 29.2 Å². The maximum absolute atomic E-state index is 13.0. The molecule has 3 aromatic carbocycles. The van der Waals surface area contributed by atoms with Crippen molar-refractivity contribution >= 4 is 23.4 Å². The fourth-order valence-corrected chi connectivity index (χ4v) is 4.77. The molecule has 0 spiro atoms. The van der Waals surface area contributed by atoms with Crippen LogP contribution in [0.1, 0.15) is 33.2 Å². The number of thioether (sulfide) groups is 1. The van der Waals surface area contributed by atoms with Gasteiger partial charge in [-0.15, -0.1) is 11.8 Å². The summed E-state index contributed by atoms with van der Waals surface area (Å²) in [6, 6.07) is 30.3. The van der Waals surface area contributed by atoms with Crippen molar-refractivity contribution in [2.45, 2.75) is 10.9 Å². The highest BCUT2D eigenvalue weighted by Gasteiger charge is 2.25. The van der Waals surface area contributed by atoms with Crippen LogP contribution in [-0.4, -0.2) is 29.0 Å². The third-order valence-corrected chi connectivity index (χ3v) is 6.50. The first kappa shape index (κ1) is 20.3. The van der Waals surface area contributed by atoms with Gasteiger partial charge in [0.25, 0.3) is 5.91 Å². The molecule has 0 aliphatic carbocycles. The van der Waals surface area contributed by atoms with Crippen LogP contribution in [-0.2, 0) is 0 Å². The molecule has 1 amide bonds. The average Bonchev–Trinajstić information content (AvgIpc) is 3.29. The standard InChI is InChI=1S/C27H23N3OS/c1-32-25-16-8-6-13-21(25)27(31)28-18-22-24-15-9-17-30(24)23-14-7-5-12-20(23)26(29-22)19-10-3-2-4-11-19/h2-17,26H,18H2,1H3,(H,28,31). The first-order valence-corrected chi connectivity index (χ1v) is 11.8. The predicted octanol–water partition coefficient (Wildman–Crippen LogP) is 5.52. The number of amides is 1. The molecule has 0 saturated carbocycles. The lowest BCUT2D eigenvalue weighted by Crippen LogP contribution is -2.31. The molecule has 1 aliphatic rings. The van der Waals surface area contributed by atoms with Crippen LogP contribution in [0.5, 0.6) is 0 Å². The van der Waals surface area contributed by atoms with Crippen molar-refractivity contribution in [1.29, 1.82) is 0 Å². The van der Waals surface area contributed by atoms with E-state index in [0.29, 0.717) is 12.1 Å². The van der Waals surface area contributed by atoms with Gasteiger partial charge in [-0.2, -0.15) is 0 Å². The number of hydrogen-bond acceptors (Lipinski definition) is 3. The second kappa shape index (κ2) is 8.89. The number of carbonyl (C=O) groups excluding carboxylic acids is 1. The van der Waals surface area contributed by atoms with Crippen LogP contribution in [0.15, 0.2) is 107 Å². The molecule has 1 aromatic heterocycles. The monoisotopic (exact) mass is 437 g/mol. The Bertz CT molecular complexity index is 1290. The van der Waals surface area contributed by atoms with Crippen LogP contribution < -0.4 is 5.32 Å². The first-order chi connectivity index (χ1) is 15.8. The van der Waals surface area contributed by atoms with Gasteiger partial charge in [-0.25, -0.2) is 0 Å². The Morgan fingerprint density at radius 1 is 0.938 bits per heavy atom. The summed E-state index contributed by atoms with van der Waals surface area (Å²) in [6.07, 6.45) is 4.04. The van der Waals surface area contributed by atoms with Gasteiger partial charge in [0.15, 0.2) is 0 Å². The molecule has 5 heteroatoms. The highest BCUT2D eigenvalue weighted by molar-refractivity contribution is 7.98. The minimum absolute atomic E-state index is 0.0891. The van der Waals surface area contributed by atoms with E-state index in [1.807, 2.05) is 54.8 Å². The number of aliphatic imine (C=N–C) groups is 1. The smallest absolute Gasteiger partial charge is 0.252 e. The number of carbonyl (C=O) groups is 1. The van der Waals surface area contributed by atoms with E-state index in [2.05, 4.69) is 58.5 Å². The lowest BCUT2D eigenvalue weighted by atomic mass is 9.97. The Kier molecular flexibility index (Phi) is 5.65. The molecule has 32 heavy (non-hydrogen) atoms. The minimum atomic E-state index is -0.141. The van der Waals surface area contributed by atoms with Crippen molar-refractivity contribution < 1.29 is 4.79 Å². The van der Waals surface area contributed by atoms with Gasteiger partial charge in [0.1, 0.15) is 6.04 Å². The molecular formula is C27H23N3OS. The average molecular weight is 438 g/mol. The molecule has 1 atom stereocenters. The summed E-state index contributed by atoms with van der Waals surface area (Å²) in [7, 11) is 0. The summed E-state index contributed by atoms with van der Waals surface area (Å²) in [4.78, 5) is 19.1. The van der Waals surface area contributed by atoms with Crippen molar-refractivity contribution in [3.05, 3.63) is 120 Å². The summed E-state index contributed by atoms with van der Waals surface area (Å²) in [5, 5.41) is 3.10. The fourth-order valence-electron chi connectivity index (χ4n) is 4.17. The maximum atomic E-state index is 13.0. The fraction of sp³-hybridized carbons (Fsp3) is 0.111. The van der Waals surface area contributed by atoms with E-state index < -0.39 is 0 Å². The van der Waals surface area contributed by atoms with E-state index in [9.17, 15) is 4.79 Å². The molecule has 0 bridgehead atoms. The van der Waals surface area contributed by atoms with E-state index in [1.165, 1.54) is 0 Å². The number of nitrogens with zero attached hydrogens (tertiary/aromatic N) is 2. The second-order valence-electron chi connectivity index (χ2n) is 7.59. The highest BCUT2D eigenvalue weighted by atomic mass is 32.2. The summed E-state index contributed by atoms with van der Waals surface area (Å²) >= 11 is 1.57. The van der Waals surface area contributed by atoms with Crippen molar-refractivity contribution in [2.75, 3.05) is 12.8 Å². The van der Waals surface area contributed by atoms with Gasteiger partial charge in [0, 0.05) is 16.7 Å². The third kappa shape index (κ3) is 3.76. The van der Waals surface area contributed by atoms with Gasteiger partial charge >= 0.3 is 0 Å². The zero-order chi connectivity index (χ0) is 21.9. The largest absolute Gasteiger partial charge is 0.346 e. The van der Waals surface area contributed by atoms with Gasteiger partial charge < -0.3 is 9.88 Å². The predicted molar refractivity (Wildman–Crippen MR) is 131 cm³/mol. The molecule has 1 unspecified atom stereocenters. The molecule has 2 heterocycles. The van der Waals surface area contributed by atoms with E-state index in [1.54, 1.807) is 11.8 Å². The lowest BCUT2D eigenvalue weighted by Gasteiger charge is -2.16. The van der Waals surface area contributed by atoms with Gasteiger partial charge in [-0.1, -0.05) is 60.7 Å². The number of rotatable bonds is 5. The Morgan fingerprint density at radius 3 is 2.53 bits per heavy atom. The second-order valence-corrected chi connectivity index (χ2v) is 8.44. The van der Waals surface area contributed by atoms with Crippen LogP contribution in [0.4, 0.5) is 0 Å². The normalized spacial score (nSPS) is 14.7. The molecule has 0 fully saturated rings. The van der Waals surface area contributed by atoms with Crippen LogP contribution in [0.3, 0.4) is 0 Å². The van der Waals surface area contributed by atoms with Crippen molar-refractivity contribution in [3.8, 4) is 5.69 Å². The van der Waals surface area contributed by atoms with Crippen LogP contribution in [0, 0.1) is 0 Å². The molecule has 158 valence electrons. The third-order valence-electron chi connectivity index (χ3n) is 5.70. The van der Waals surface area contributed by atoms with Crippen molar-refractivity contribution in [2.24, 2.45) is 4.99 Å². The van der Waals surface area contributed by atoms with E-state index in [0.717, 1.165) is 33.1 Å². The molecule has 0 radical (unpaired) electrons. The van der Waals surface area contributed by atoms with Gasteiger partial charge in [-0.3, -0.25) is 9.79 Å². The molecule has 1 N–H and O–H groups in total. The SMILES string of the molecule is CSc1ccccc1C(=O)NCC1=NC(c2ccccc2)c2ccccc2-n2cccc21. The molecule has 5 rings (SSSR count). The number of fused-ring (bicyclic) bond motifs is 3. The van der Waals surface area contributed by atoms with E-state index in [-0.39, 0.29) is 11.9 Å². The number of aromatic nitrogens is 1. The molecular weight excluding hydrogens is 414 g/mol. The zero-order valence-electron chi connectivity index (χ0n) is 17.7. The summed E-state index contributed by atoms with van der Waals surface area (Å²) in [6.45, 7) is 0.350.